The number of nitrogens with zero attached hydrogens (tertiary/aromatic N) is 4. The van der Waals surface area contributed by atoms with Crippen molar-refractivity contribution in [3.8, 4) is 0 Å². The predicted octanol–water partition coefficient (Wildman–Crippen LogP) is 1.76. The van der Waals surface area contributed by atoms with Gasteiger partial charge in [0, 0.05) is 13.0 Å². The zero-order chi connectivity index (χ0) is 13.6. The highest BCUT2D eigenvalue weighted by Crippen LogP contribution is 2.21. The van der Waals surface area contributed by atoms with Crippen LogP contribution in [0.2, 0.25) is 0 Å². The van der Waals surface area contributed by atoms with E-state index >= 15 is 0 Å². The molecular formula is C10H18F3N5. The van der Waals surface area contributed by atoms with Crippen molar-refractivity contribution in [2.45, 2.75) is 46.0 Å². The van der Waals surface area contributed by atoms with E-state index in [0.29, 0.717) is 18.3 Å². The molecule has 0 aromatic carbocycles. The molecule has 0 bridgehead atoms. The lowest BCUT2D eigenvalue weighted by atomic mass is 10.2. The Bertz CT molecular complexity index is 348. The molecule has 0 saturated heterocycles. The summed E-state index contributed by atoms with van der Waals surface area (Å²) in [6.07, 6.45) is -4.94. The van der Waals surface area contributed by atoms with Gasteiger partial charge in [-0.15, -0.1) is 5.10 Å². The van der Waals surface area contributed by atoms with Crippen LogP contribution in [0.4, 0.5) is 13.2 Å². The summed E-state index contributed by atoms with van der Waals surface area (Å²) in [5.74, 6) is 1.07. The summed E-state index contributed by atoms with van der Waals surface area (Å²) in [5, 5.41) is 14.1. The monoisotopic (exact) mass is 265 g/mol. The van der Waals surface area contributed by atoms with Crippen molar-refractivity contribution in [2.24, 2.45) is 5.92 Å². The number of aromatic nitrogens is 4. The molecule has 0 radical (unpaired) electrons. The third-order valence-corrected chi connectivity index (χ3v) is 2.27. The summed E-state index contributed by atoms with van der Waals surface area (Å²) < 4.78 is 37.4. The van der Waals surface area contributed by atoms with Crippen molar-refractivity contribution in [2.75, 3.05) is 6.54 Å². The van der Waals surface area contributed by atoms with Crippen molar-refractivity contribution in [1.29, 1.82) is 0 Å². The zero-order valence-corrected chi connectivity index (χ0v) is 10.5. The molecule has 0 atom stereocenters. The SMILES string of the molecule is CC(C)CNCc1nnnn1CCCC(F)(F)F. The maximum absolute atomic E-state index is 12.0. The highest BCUT2D eigenvalue weighted by Gasteiger charge is 2.26. The molecule has 104 valence electrons. The number of nitrogens with one attached hydrogen (secondary N) is 1. The molecule has 1 aromatic rings. The molecule has 18 heavy (non-hydrogen) atoms. The van der Waals surface area contributed by atoms with E-state index in [0.717, 1.165) is 6.54 Å². The molecule has 1 rings (SSSR count). The number of hydrogen-bond acceptors (Lipinski definition) is 4. The van der Waals surface area contributed by atoms with E-state index in [4.69, 9.17) is 0 Å². The van der Waals surface area contributed by atoms with Gasteiger partial charge in [-0.2, -0.15) is 13.2 Å². The molecule has 1 aromatic heterocycles. The minimum Gasteiger partial charge on any atom is -0.310 e. The minimum atomic E-state index is -4.12. The van der Waals surface area contributed by atoms with Gasteiger partial charge in [0.05, 0.1) is 6.54 Å². The minimum absolute atomic E-state index is 0.00821. The van der Waals surface area contributed by atoms with E-state index < -0.39 is 12.6 Å². The number of hydrogen-bond donors (Lipinski definition) is 1. The summed E-state index contributed by atoms with van der Waals surface area (Å²) in [4.78, 5) is 0. The maximum Gasteiger partial charge on any atom is 0.389 e. The number of aryl methyl sites for hydroxylation is 1. The molecular weight excluding hydrogens is 247 g/mol. The van der Waals surface area contributed by atoms with E-state index in [1.54, 1.807) is 0 Å². The van der Waals surface area contributed by atoms with Crippen LogP contribution in [0.1, 0.15) is 32.5 Å². The first-order valence-corrected chi connectivity index (χ1v) is 5.91. The molecule has 0 aliphatic carbocycles. The molecule has 0 amide bonds. The molecule has 0 fully saturated rings. The van der Waals surface area contributed by atoms with Crippen LogP contribution >= 0.6 is 0 Å². The predicted molar refractivity (Wildman–Crippen MR) is 59.7 cm³/mol. The second-order valence-corrected chi connectivity index (χ2v) is 4.56. The third kappa shape index (κ3) is 5.95. The molecule has 0 saturated carbocycles. The van der Waals surface area contributed by atoms with Crippen molar-refractivity contribution in [3.63, 3.8) is 0 Å². The van der Waals surface area contributed by atoms with Crippen LogP contribution in [0.5, 0.6) is 0 Å². The zero-order valence-electron chi connectivity index (χ0n) is 10.5. The topological polar surface area (TPSA) is 55.6 Å². The van der Waals surface area contributed by atoms with Gasteiger partial charge in [0.15, 0.2) is 5.82 Å². The number of tetrazole rings is 1. The van der Waals surface area contributed by atoms with Crippen molar-refractivity contribution < 1.29 is 13.2 Å². The summed E-state index contributed by atoms with van der Waals surface area (Å²) in [7, 11) is 0. The first kappa shape index (κ1) is 14.9. The maximum atomic E-state index is 12.0. The van der Waals surface area contributed by atoms with Crippen LogP contribution in [-0.4, -0.2) is 32.9 Å². The summed E-state index contributed by atoms with van der Waals surface area (Å²) in [5.41, 5.74) is 0. The van der Waals surface area contributed by atoms with E-state index in [9.17, 15) is 13.2 Å². The number of rotatable bonds is 7. The van der Waals surface area contributed by atoms with Gasteiger partial charge in [0.25, 0.3) is 0 Å². The summed E-state index contributed by atoms with van der Waals surface area (Å²) in [6, 6.07) is 0. The normalized spacial score (nSPS) is 12.3. The van der Waals surface area contributed by atoms with Crippen molar-refractivity contribution in [1.82, 2.24) is 25.5 Å². The Morgan fingerprint density at radius 3 is 2.67 bits per heavy atom. The smallest absolute Gasteiger partial charge is 0.310 e. The number of alkyl halides is 3. The highest BCUT2D eigenvalue weighted by atomic mass is 19.4. The second kappa shape index (κ2) is 6.67. The molecule has 0 unspecified atom stereocenters. The van der Waals surface area contributed by atoms with Crippen molar-refractivity contribution in [3.05, 3.63) is 5.82 Å². The van der Waals surface area contributed by atoms with Crippen LogP contribution in [-0.2, 0) is 13.1 Å². The van der Waals surface area contributed by atoms with Crippen LogP contribution < -0.4 is 5.32 Å². The Kier molecular flexibility index (Phi) is 5.52. The number of halogens is 3. The fraction of sp³-hybridized carbons (Fsp3) is 0.900. The first-order valence-electron chi connectivity index (χ1n) is 5.91. The van der Waals surface area contributed by atoms with E-state index in [-0.39, 0.29) is 13.0 Å². The Morgan fingerprint density at radius 1 is 1.33 bits per heavy atom. The lowest BCUT2D eigenvalue weighted by molar-refractivity contribution is -0.136. The van der Waals surface area contributed by atoms with E-state index in [1.807, 2.05) is 0 Å². The van der Waals surface area contributed by atoms with Crippen LogP contribution in [0.3, 0.4) is 0 Å². The molecule has 0 aliphatic rings. The molecule has 5 nitrogen and oxygen atoms in total. The van der Waals surface area contributed by atoms with Gasteiger partial charge in [0.2, 0.25) is 0 Å². The Morgan fingerprint density at radius 2 is 2.06 bits per heavy atom. The second-order valence-electron chi connectivity index (χ2n) is 4.56. The van der Waals surface area contributed by atoms with Gasteiger partial charge in [-0.1, -0.05) is 13.8 Å². The lowest BCUT2D eigenvalue weighted by Gasteiger charge is -2.08. The fourth-order valence-corrected chi connectivity index (χ4v) is 1.43. The first-order chi connectivity index (χ1) is 8.38. The van der Waals surface area contributed by atoms with Gasteiger partial charge in [-0.05, 0) is 29.3 Å². The molecule has 0 spiro atoms. The molecule has 1 heterocycles. The Labute approximate surface area is 104 Å². The standard InChI is InChI=1S/C10H18F3N5/c1-8(2)6-14-7-9-15-16-17-18(9)5-3-4-10(11,12)13/h8,14H,3-7H2,1-2H3. The van der Waals surface area contributed by atoms with Crippen molar-refractivity contribution >= 4 is 0 Å². The Hall–Kier alpha value is -1.18. The Balaban J connectivity index is 2.35. The fourth-order valence-electron chi connectivity index (χ4n) is 1.43. The van der Waals surface area contributed by atoms with Crippen LogP contribution in [0, 0.1) is 5.92 Å². The average Bonchev–Trinajstić information content (AvgIpc) is 2.63. The quantitative estimate of drug-likeness (QED) is 0.816. The molecule has 0 aliphatic heterocycles. The molecule has 8 heteroatoms. The highest BCUT2D eigenvalue weighted by molar-refractivity contribution is 4.79. The van der Waals surface area contributed by atoms with Gasteiger partial charge in [-0.3, -0.25) is 0 Å². The van der Waals surface area contributed by atoms with E-state index in [2.05, 4.69) is 34.7 Å². The van der Waals surface area contributed by atoms with Crippen LogP contribution in [0.15, 0.2) is 0 Å². The van der Waals surface area contributed by atoms with Gasteiger partial charge in [0.1, 0.15) is 0 Å². The molecule has 1 N–H and O–H groups in total. The van der Waals surface area contributed by atoms with Gasteiger partial charge in [-0.25, -0.2) is 4.68 Å². The van der Waals surface area contributed by atoms with Crippen LogP contribution in [0.25, 0.3) is 0 Å². The lowest BCUT2D eigenvalue weighted by Crippen LogP contribution is -2.22. The third-order valence-electron chi connectivity index (χ3n) is 2.27. The largest absolute Gasteiger partial charge is 0.389 e. The van der Waals surface area contributed by atoms with Gasteiger partial charge < -0.3 is 5.32 Å². The van der Waals surface area contributed by atoms with Gasteiger partial charge >= 0.3 is 6.18 Å². The summed E-state index contributed by atoms with van der Waals surface area (Å²) in [6.45, 7) is 5.61. The summed E-state index contributed by atoms with van der Waals surface area (Å²) >= 11 is 0. The van der Waals surface area contributed by atoms with E-state index in [1.165, 1.54) is 4.68 Å². The average molecular weight is 265 g/mol.